The molecule has 6 nitrogen and oxygen atoms in total. The van der Waals surface area contributed by atoms with E-state index in [1.807, 2.05) is 49.7 Å². The average molecular weight is 368 g/mol. The zero-order valence-corrected chi connectivity index (χ0v) is 16.9. The van der Waals surface area contributed by atoms with E-state index in [0.717, 1.165) is 28.2 Å². The fourth-order valence-corrected chi connectivity index (χ4v) is 3.89. The van der Waals surface area contributed by atoms with Crippen LogP contribution in [0.1, 0.15) is 54.9 Å². The van der Waals surface area contributed by atoms with Crippen molar-refractivity contribution in [2.24, 2.45) is 5.92 Å². The lowest BCUT2D eigenvalue weighted by molar-refractivity contribution is -0.127. The van der Waals surface area contributed by atoms with E-state index in [1.54, 1.807) is 11.9 Å². The highest BCUT2D eigenvalue weighted by molar-refractivity contribution is 5.98. The maximum Gasteiger partial charge on any atom is 0.230 e. The van der Waals surface area contributed by atoms with Crippen molar-refractivity contribution in [3.05, 3.63) is 46.8 Å². The molecule has 1 saturated heterocycles. The maximum atomic E-state index is 13.1. The lowest BCUT2D eigenvalue weighted by Gasteiger charge is -2.25. The van der Waals surface area contributed by atoms with Gasteiger partial charge in [0.05, 0.1) is 29.0 Å². The normalized spacial score (nSPS) is 19.8. The van der Waals surface area contributed by atoms with Gasteiger partial charge in [-0.05, 0) is 40.2 Å². The molecule has 6 heteroatoms. The first-order chi connectivity index (χ1) is 12.7. The van der Waals surface area contributed by atoms with Gasteiger partial charge in [-0.2, -0.15) is 5.10 Å². The van der Waals surface area contributed by atoms with E-state index in [-0.39, 0.29) is 30.3 Å². The summed E-state index contributed by atoms with van der Waals surface area (Å²) in [6.07, 6.45) is 0.220. The van der Waals surface area contributed by atoms with Gasteiger partial charge < -0.3 is 10.2 Å². The van der Waals surface area contributed by atoms with Crippen molar-refractivity contribution in [2.45, 2.75) is 53.1 Å². The molecule has 3 rings (SSSR count). The Bertz CT molecular complexity index is 867. The minimum atomic E-state index is -0.425. The minimum Gasteiger partial charge on any atom is -0.338 e. The summed E-state index contributed by atoms with van der Waals surface area (Å²) < 4.78 is 1.91. The number of aryl methyl sites for hydroxylation is 2. The molecular weight excluding hydrogens is 340 g/mol. The second-order valence-corrected chi connectivity index (χ2v) is 7.74. The summed E-state index contributed by atoms with van der Waals surface area (Å²) in [4.78, 5) is 27.1. The van der Waals surface area contributed by atoms with Gasteiger partial charge in [-0.25, -0.2) is 0 Å². The Hall–Kier alpha value is -2.63. The highest BCUT2D eigenvalue weighted by Crippen LogP contribution is 2.38. The number of nitrogens with zero attached hydrogens (tertiary/aromatic N) is 3. The monoisotopic (exact) mass is 368 g/mol. The first-order valence-corrected chi connectivity index (χ1v) is 9.39. The number of hydrogen-bond acceptors (Lipinski definition) is 3. The molecule has 0 radical (unpaired) electrons. The zero-order chi connectivity index (χ0) is 19.9. The predicted octanol–water partition coefficient (Wildman–Crippen LogP) is 3.55. The summed E-state index contributed by atoms with van der Waals surface area (Å²) in [6, 6.07) is 8.00. The van der Waals surface area contributed by atoms with Crippen LogP contribution in [-0.4, -0.2) is 33.5 Å². The fourth-order valence-electron chi connectivity index (χ4n) is 3.89. The first-order valence-electron chi connectivity index (χ1n) is 9.39. The number of rotatable bonds is 4. The molecule has 144 valence electrons. The number of benzene rings is 1. The number of likely N-dealkylation sites (tertiary alicyclic amines) is 1. The molecule has 0 aliphatic carbocycles. The summed E-state index contributed by atoms with van der Waals surface area (Å²) in [5.41, 5.74) is 4.61. The topological polar surface area (TPSA) is 67.2 Å². The Kier molecular flexibility index (Phi) is 5.09. The van der Waals surface area contributed by atoms with E-state index in [1.165, 1.54) is 0 Å². The number of carbonyl (C=O) groups excluding carboxylic acids is 2. The SMILES string of the molecule is Cc1ccc([C@@H]2[C@@H](C(=O)Nc3c(C)nn(C(C)C)c3C)CC(=O)N2C)cc1. The minimum absolute atomic E-state index is 0.00737. The molecule has 1 aromatic heterocycles. The second kappa shape index (κ2) is 7.18. The van der Waals surface area contributed by atoms with E-state index in [0.29, 0.717) is 0 Å². The molecule has 2 atom stereocenters. The predicted molar refractivity (Wildman–Crippen MR) is 106 cm³/mol. The molecule has 0 unspecified atom stereocenters. The average Bonchev–Trinajstić information content (AvgIpc) is 3.07. The molecule has 1 aliphatic rings. The highest BCUT2D eigenvalue weighted by Gasteiger charge is 2.43. The van der Waals surface area contributed by atoms with Gasteiger partial charge >= 0.3 is 0 Å². The van der Waals surface area contributed by atoms with Crippen molar-refractivity contribution in [1.82, 2.24) is 14.7 Å². The Balaban J connectivity index is 1.89. The van der Waals surface area contributed by atoms with Crippen LogP contribution in [0.15, 0.2) is 24.3 Å². The number of amides is 2. The standard InChI is InChI=1S/C21H28N4O2/c1-12(2)25-15(5)19(14(4)23-25)22-21(27)17-11-18(26)24(6)20(17)16-9-7-13(3)8-10-16/h7-10,12,17,20H,11H2,1-6H3,(H,22,27)/t17-,20+/m0/s1. The van der Waals surface area contributed by atoms with Crippen LogP contribution in [0.25, 0.3) is 0 Å². The summed E-state index contributed by atoms with van der Waals surface area (Å²) in [6.45, 7) is 9.99. The third-order valence-corrected chi connectivity index (χ3v) is 5.40. The summed E-state index contributed by atoms with van der Waals surface area (Å²) in [7, 11) is 1.77. The van der Waals surface area contributed by atoms with E-state index in [9.17, 15) is 9.59 Å². The van der Waals surface area contributed by atoms with Crippen molar-refractivity contribution < 1.29 is 9.59 Å². The van der Waals surface area contributed by atoms with Gasteiger partial charge in [0.25, 0.3) is 0 Å². The van der Waals surface area contributed by atoms with Crippen LogP contribution >= 0.6 is 0 Å². The van der Waals surface area contributed by atoms with Crippen molar-refractivity contribution in [2.75, 3.05) is 12.4 Å². The van der Waals surface area contributed by atoms with Crippen LogP contribution in [0.5, 0.6) is 0 Å². The Morgan fingerprint density at radius 2 is 1.81 bits per heavy atom. The van der Waals surface area contributed by atoms with Crippen LogP contribution in [0, 0.1) is 26.7 Å². The molecule has 0 saturated carbocycles. The number of anilines is 1. The zero-order valence-electron chi connectivity index (χ0n) is 16.9. The van der Waals surface area contributed by atoms with Gasteiger partial charge in [0.2, 0.25) is 11.8 Å². The van der Waals surface area contributed by atoms with Crippen molar-refractivity contribution in [3.63, 3.8) is 0 Å². The van der Waals surface area contributed by atoms with Gasteiger partial charge in [0.1, 0.15) is 0 Å². The van der Waals surface area contributed by atoms with E-state index >= 15 is 0 Å². The van der Waals surface area contributed by atoms with Gasteiger partial charge in [-0.3, -0.25) is 14.3 Å². The number of carbonyl (C=O) groups is 2. The lowest BCUT2D eigenvalue weighted by atomic mass is 9.92. The Morgan fingerprint density at radius 1 is 1.19 bits per heavy atom. The van der Waals surface area contributed by atoms with Crippen LogP contribution in [0.2, 0.25) is 0 Å². The van der Waals surface area contributed by atoms with Crippen molar-refractivity contribution in [1.29, 1.82) is 0 Å². The highest BCUT2D eigenvalue weighted by atomic mass is 16.2. The quantitative estimate of drug-likeness (QED) is 0.897. The molecular formula is C21H28N4O2. The van der Waals surface area contributed by atoms with Gasteiger partial charge in [0.15, 0.2) is 0 Å². The van der Waals surface area contributed by atoms with E-state index < -0.39 is 5.92 Å². The van der Waals surface area contributed by atoms with E-state index in [2.05, 4.69) is 24.3 Å². The third kappa shape index (κ3) is 3.48. The van der Waals surface area contributed by atoms with Crippen molar-refractivity contribution in [3.8, 4) is 0 Å². The number of aromatic nitrogens is 2. The first kappa shape index (κ1) is 19.1. The second-order valence-electron chi connectivity index (χ2n) is 7.74. The molecule has 1 N–H and O–H groups in total. The summed E-state index contributed by atoms with van der Waals surface area (Å²) in [5, 5.41) is 7.58. The molecule has 27 heavy (non-hydrogen) atoms. The molecule has 2 aromatic rings. The van der Waals surface area contributed by atoms with E-state index in [4.69, 9.17) is 0 Å². The van der Waals surface area contributed by atoms with Gasteiger partial charge in [-0.1, -0.05) is 29.8 Å². The molecule has 1 aromatic carbocycles. The number of hydrogen-bond donors (Lipinski definition) is 1. The van der Waals surface area contributed by atoms with Gasteiger partial charge in [-0.15, -0.1) is 0 Å². The van der Waals surface area contributed by atoms with Crippen LogP contribution < -0.4 is 5.32 Å². The Labute approximate surface area is 160 Å². The molecule has 1 aliphatic heterocycles. The van der Waals surface area contributed by atoms with Gasteiger partial charge in [0, 0.05) is 19.5 Å². The molecule has 0 spiro atoms. The van der Waals surface area contributed by atoms with Crippen LogP contribution in [0.3, 0.4) is 0 Å². The third-order valence-electron chi connectivity index (χ3n) is 5.40. The molecule has 2 amide bonds. The largest absolute Gasteiger partial charge is 0.338 e. The molecule has 1 fully saturated rings. The fraction of sp³-hybridized carbons (Fsp3) is 0.476. The maximum absolute atomic E-state index is 13.1. The Morgan fingerprint density at radius 3 is 2.37 bits per heavy atom. The lowest BCUT2D eigenvalue weighted by Crippen LogP contribution is -2.30. The summed E-state index contributed by atoms with van der Waals surface area (Å²) in [5.74, 6) is -0.564. The summed E-state index contributed by atoms with van der Waals surface area (Å²) >= 11 is 0. The molecule has 0 bridgehead atoms. The van der Waals surface area contributed by atoms with Crippen LogP contribution in [-0.2, 0) is 9.59 Å². The van der Waals surface area contributed by atoms with Crippen LogP contribution in [0.4, 0.5) is 5.69 Å². The number of nitrogens with one attached hydrogen (secondary N) is 1. The molecule has 2 heterocycles. The smallest absolute Gasteiger partial charge is 0.230 e. The van der Waals surface area contributed by atoms with Crippen molar-refractivity contribution >= 4 is 17.5 Å².